The average Bonchev–Trinajstić information content (AvgIpc) is 3.10. The van der Waals surface area contributed by atoms with Gasteiger partial charge in [-0.25, -0.2) is 9.78 Å². The molecule has 0 bridgehead atoms. The van der Waals surface area contributed by atoms with Gasteiger partial charge in [0.1, 0.15) is 23.1 Å². The fourth-order valence-corrected chi connectivity index (χ4v) is 3.74. The van der Waals surface area contributed by atoms with E-state index >= 15 is 0 Å². The molecule has 1 N–H and O–H groups in total. The van der Waals surface area contributed by atoms with Crippen LogP contribution in [0.4, 0.5) is 0 Å². The molecule has 1 fully saturated rings. The van der Waals surface area contributed by atoms with E-state index in [-0.39, 0.29) is 11.8 Å². The van der Waals surface area contributed by atoms with E-state index < -0.39 is 0 Å². The Morgan fingerprint density at radius 3 is 2.72 bits per heavy atom. The molecule has 8 nitrogen and oxygen atoms in total. The van der Waals surface area contributed by atoms with Crippen molar-refractivity contribution in [2.45, 2.75) is 18.9 Å². The maximum Gasteiger partial charge on any atom is 0.332 e. The molecule has 0 spiro atoms. The Morgan fingerprint density at radius 2 is 1.90 bits per heavy atom. The monoisotopic (exact) mass is 392 g/mol. The minimum atomic E-state index is -0.280. The summed E-state index contributed by atoms with van der Waals surface area (Å²) in [4.78, 5) is 24.3. The summed E-state index contributed by atoms with van der Waals surface area (Å²) in [5.74, 6) is 1.32. The third-order valence-electron chi connectivity index (χ3n) is 5.16. The number of methoxy groups -OCH3 is 1. The van der Waals surface area contributed by atoms with Crippen LogP contribution in [-0.4, -0.2) is 45.9 Å². The number of fused-ring (bicyclic) bond motifs is 2. The van der Waals surface area contributed by atoms with Crippen LogP contribution in [-0.2, 0) is 4.74 Å². The molecule has 1 saturated heterocycles. The van der Waals surface area contributed by atoms with Gasteiger partial charge < -0.3 is 14.2 Å². The number of hydrogen-bond acceptors (Lipinski definition) is 6. The van der Waals surface area contributed by atoms with Crippen LogP contribution in [0.25, 0.3) is 27.8 Å². The molecular formula is C21H20N4O4. The Balaban J connectivity index is 1.67. The number of nitrogens with one attached hydrogen (secondary N) is 1. The summed E-state index contributed by atoms with van der Waals surface area (Å²) < 4.78 is 18.7. The molecule has 0 amide bonds. The van der Waals surface area contributed by atoms with E-state index in [1.807, 2.05) is 18.2 Å². The lowest BCUT2D eigenvalue weighted by Gasteiger charge is -2.23. The fourth-order valence-electron chi connectivity index (χ4n) is 3.74. The lowest BCUT2D eigenvalue weighted by Crippen LogP contribution is -2.26. The third-order valence-corrected chi connectivity index (χ3v) is 5.16. The van der Waals surface area contributed by atoms with Crippen molar-refractivity contribution >= 4 is 22.1 Å². The highest BCUT2D eigenvalue weighted by molar-refractivity contribution is 5.88. The van der Waals surface area contributed by atoms with Gasteiger partial charge in [-0.2, -0.15) is 0 Å². The molecule has 3 aromatic heterocycles. The molecule has 0 radical (unpaired) electrons. The smallest absolute Gasteiger partial charge is 0.332 e. The number of aromatic amines is 1. The number of rotatable bonds is 4. The number of ether oxygens (including phenoxy) is 3. The zero-order chi connectivity index (χ0) is 19.8. The second-order valence-corrected chi connectivity index (χ2v) is 6.92. The van der Waals surface area contributed by atoms with Crippen LogP contribution < -0.4 is 15.2 Å². The highest BCUT2D eigenvalue weighted by Crippen LogP contribution is 2.30. The summed E-state index contributed by atoms with van der Waals surface area (Å²) in [6, 6.07) is 9.21. The molecule has 4 heterocycles. The highest BCUT2D eigenvalue weighted by Gasteiger charge is 2.20. The Labute approximate surface area is 166 Å². The van der Waals surface area contributed by atoms with E-state index in [1.54, 1.807) is 36.2 Å². The molecule has 29 heavy (non-hydrogen) atoms. The van der Waals surface area contributed by atoms with Crippen molar-refractivity contribution in [1.82, 2.24) is 19.5 Å². The lowest BCUT2D eigenvalue weighted by atomic mass is 10.1. The molecule has 148 valence electrons. The van der Waals surface area contributed by atoms with Crippen LogP contribution in [0.15, 0.2) is 47.5 Å². The summed E-state index contributed by atoms with van der Waals surface area (Å²) in [6.07, 6.45) is 5.02. The quantitative estimate of drug-likeness (QED) is 0.574. The molecule has 5 rings (SSSR count). The molecule has 0 unspecified atom stereocenters. The van der Waals surface area contributed by atoms with Gasteiger partial charge in [-0.05, 0) is 24.3 Å². The maximum absolute atomic E-state index is 12.8. The summed E-state index contributed by atoms with van der Waals surface area (Å²) >= 11 is 0. The molecule has 1 aromatic carbocycles. The second-order valence-electron chi connectivity index (χ2n) is 6.92. The number of aromatic nitrogens is 4. The van der Waals surface area contributed by atoms with Gasteiger partial charge in [0, 0.05) is 36.7 Å². The molecule has 8 heteroatoms. The molecule has 0 saturated carbocycles. The Kier molecular flexibility index (Phi) is 4.40. The zero-order valence-corrected chi connectivity index (χ0v) is 15.9. The molecule has 0 atom stereocenters. The van der Waals surface area contributed by atoms with Crippen molar-refractivity contribution in [3.05, 3.63) is 53.2 Å². The van der Waals surface area contributed by atoms with Gasteiger partial charge in [0.25, 0.3) is 0 Å². The van der Waals surface area contributed by atoms with Gasteiger partial charge >= 0.3 is 5.69 Å². The molecule has 0 aliphatic carbocycles. The van der Waals surface area contributed by atoms with Crippen molar-refractivity contribution in [1.29, 1.82) is 0 Å². The first kappa shape index (κ1) is 17.7. The van der Waals surface area contributed by atoms with Crippen molar-refractivity contribution in [2.24, 2.45) is 0 Å². The van der Waals surface area contributed by atoms with Gasteiger partial charge in [-0.3, -0.25) is 14.5 Å². The topological polar surface area (TPSA) is 91.3 Å². The normalized spacial score (nSPS) is 15.1. The van der Waals surface area contributed by atoms with Crippen LogP contribution in [0, 0.1) is 0 Å². The van der Waals surface area contributed by atoms with Crippen molar-refractivity contribution in [3.63, 3.8) is 0 Å². The third kappa shape index (κ3) is 3.11. The number of pyridine rings is 2. The van der Waals surface area contributed by atoms with Crippen LogP contribution in [0.3, 0.4) is 0 Å². The van der Waals surface area contributed by atoms with Gasteiger partial charge in [-0.15, -0.1) is 0 Å². The van der Waals surface area contributed by atoms with Crippen LogP contribution >= 0.6 is 0 Å². The fraction of sp³-hybridized carbons (Fsp3) is 0.286. The van der Waals surface area contributed by atoms with E-state index in [0.29, 0.717) is 41.6 Å². The lowest BCUT2D eigenvalue weighted by molar-refractivity contribution is 0.0260. The van der Waals surface area contributed by atoms with Crippen LogP contribution in [0.1, 0.15) is 12.8 Å². The van der Waals surface area contributed by atoms with E-state index in [2.05, 4.69) is 15.0 Å². The Bertz CT molecular complexity index is 1240. The first-order valence-electron chi connectivity index (χ1n) is 9.52. The van der Waals surface area contributed by atoms with Gasteiger partial charge in [0.05, 0.1) is 31.5 Å². The number of imidazole rings is 1. The minimum Gasteiger partial charge on any atom is -0.496 e. The number of nitrogens with zero attached hydrogens (tertiary/aromatic N) is 3. The predicted octanol–water partition coefficient (Wildman–Crippen LogP) is 2.83. The van der Waals surface area contributed by atoms with E-state index in [0.717, 1.165) is 23.7 Å². The van der Waals surface area contributed by atoms with Crippen molar-refractivity contribution in [3.8, 4) is 17.2 Å². The summed E-state index contributed by atoms with van der Waals surface area (Å²) in [6.45, 7) is 1.35. The second kappa shape index (κ2) is 7.21. The van der Waals surface area contributed by atoms with E-state index in [1.165, 1.54) is 0 Å². The zero-order valence-electron chi connectivity index (χ0n) is 15.9. The van der Waals surface area contributed by atoms with Gasteiger partial charge in [0.2, 0.25) is 0 Å². The number of benzene rings is 1. The minimum absolute atomic E-state index is 0.0497. The van der Waals surface area contributed by atoms with Crippen molar-refractivity contribution in [2.75, 3.05) is 20.3 Å². The summed E-state index contributed by atoms with van der Waals surface area (Å²) in [5, 5.41) is 0.824. The molecular weight excluding hydrogens is 372 g/mol. The number of hydrogen-bond donors (Lipinski definition) is 1. The Morgan fingerprint density at radius 1 is 1.10 bits per heavy atom. The largest absolute Gasteiger partial charge is 0.496 e. The molecule has 1 aliphatic rings. The molecule has 4 aromatic rings. The Hall–Kier alpha value is -3.39. The standard InChI is InChI=1S/C21H20N4O4/c1-27-17-4-8-22-16-3-2-13(12-15(16)17)25-19-18(29-14-6-10-28-11-7-14)5-9-23-20(19)24-21(25)26/h2-5,8-9,12,14H,6-7,10-11H2,1H3,(H,23,24,26). The number of H-pyrrole nitrogens is 1. The average molecular weight is 392 g/mol. The van der Waals surface area contributed by atoms with Crippen LogP contribution in [0.2, 0.25) is 0 Å². The van der Waals surface area contributed by atoms with Crippen LogP contribution in [0.5, 0.6) is 11.5 Å². The first-order chi connectivity index (χ1) is 14.2. The summed E-state index contributed by atoms with van der Waals surface area (Å²) in [5.41, 5.74) is 2.30. The van der Waals surface area contributed by atoms with E-state index in [9.17, 15) is 4.79 Å². The van der Waals surface area contributed by atoms with Gasteiger partial charge in [0.15, 0.2) is 5.65 Å². The maximum atomic E-state index is 12.8. The SMILES string of the molecule is COc1ccnc2ccc(-n3c(=O)[nH]c4nccc(OC5CCOCC5)c43)cc12. The summed E-state index contributed by atoms with van der Waals surface area (Å²) in [7, 11) is 1.61. The van der Waals surface area contributed by atoms with Gasteiger partial charge in [-0.1, -0.05) is 0 Å². The highest BCUT2D eigenvalue weighted by atomic mass is 16.5. The van der Waals surface area contributed by atoms with Crippen molar-refractivity contribution < 1.29 is 14.2 Å². The first-order valence-corrected chi connectivity index (χ1v) is 9.52. The molecule has 1 aliphatic heterocycles. The predicted molar refractivity (Wildman–Crippen MR) is 108 cm³/mol. The van der Waals surface area contributed by atoms with E-state index in [4.69, 9.17) is 14.2 Å².